The molecule has 3 aliphatic heterocycles. The van der Waals surface area contributed by atoms with Crippen LogP contribution in [0.25, 0.3) is 10.9 Å². The van der Waals surface area contributed by atoms with Gasteiger partial charge in [0.2, 0.25) is 21.8 Å². The Balaban J connectivity index is 1.15. The molecule has 2 aromatic heterocycles. The average molecular weight is 741 g/mol. The maximum atomic E-state index is 14.8. The van der Waals surface area contributed by atoms with Crippen LogP contribution in [-0.4, -0.2) is 75.5 Å². The predicted octanol–water partition coefficient (Wildman–Crippen LogP) is 4.79. The number of rotatable bonds is 5. The van der Waals surface area contributed by atoms with E-state index >= 15 is 0 Å². The number of hydrogen-bond donors (Lipinski definition) is 3. The SMILES string of the molecule is Cc1cccc(N[C@H]2CCCCCC=C[C@@H]3C[C@@]3(C(=O)NS(=O)(=O)C3(C)CC3)NC(=O)[C@@H]3C[C@]4(CCc5c(c(C)nc6ccccc56)O4)CN3C2=O)n1. The van der Waals surface area contributed by atoms with Crippen LogP contribution in [0.3, 0.4) is 0 Å². The highest BCUT2D eigenvalue weighted by Gasteiger charge is 2.64. The van der Waals surface area contributed by atoms with Crippen molar-refractivity contribution in [3.8, 4) is 5.75 Å². The van der Waals surface area contributed by atoms with Gasteiger partial charge in [-0.3, -0.25) is 19.1 Å². The van der Waals surface area contributed by atoms with Crippen LogP contribution in [0.2, 0.25) is 0 Å². The van der Waals surface area contributed by atoms with Gasteiger partial charge in [-0.15, -0.1) is 0 Å². The lowest BCUT2D eigenvalue weighted by atomic mass is 9.87. The zero-order chi connectivity index (χ0) is 37.2. The molecular weight excluding hydrogens is 693 g/mol. The summed E-state index contributed by atoms with van der Waals surface area (Å²) >= 11 is 0. The Bertz CT molecular complexity index is 2130. The summed E-state index contributed by atoms with van der Waals surface area (Å²) in [5.41, 5.74) is 1.20. The molecule has 2 aliphatic carbocycles. The average Bonchev–Trinajstić information content (AvgIpc) is 4.02. The van der Waals surface area contributed by atoms with Gasteiger partial charge >= 0.3 is 0 Å². The molecule has 2 saturated carbocycles. The Morgan fingerprint density at radius 1 is 1.00 bits per heavy atom. The molecule has 5 atom stereocenters. The van der Waals surface area contributed by atoms with E-state index in [1.165, 1.54) is 0 Å². The quantitative estimate of drug-likeness (QED) is 0.313. The number of para-hydroxylation sites is 1. The summed E-state index contributed by atoms with van der Waals surface area (Å²) in [5, 5.41) is 7.42. The fraction of sp³-hybridized carbons (Fsp3) is 0.525. The topological polar surface area (TPSA) is 160 Å². The molecule has 3 amide bonds. The molecule has 53 heavy (non-hydrogen) atoms. The van der Waals surface area contributed by atoms with Crippen LogP contribution >= 0.6 is 0 Å². The molecule has 1 saturated heterocycles. The zero-order valence-electron chi connectivity index (χ0n) is 30.6. The largest absolute Gasteiger partial charge is 0.483 e. The second kappa shape index (κ2) is 13.1. The van der Waals surface area contributed by atoms with Gasteiger partial charge in [-0.25, -0.2) is 18.4 Å². The third-order valence-corrected chi connectivity index (χ3v) is 14.3. The number of carbonyl (C=O) groups excluding carboxylic acids is 3. The Morgan fingerprint density at radius 3 is 2.60 bits per heavy atom. The lowest BCUT2D eigenvalue weighted by Gasteiger charge is -2.36. The molecule has 3 N–H and O–H groups in total. The van der Waals surface area contributed by atoms with E-state index in [9.17, 15) is 22.8 Å². The lowest BCUT2D eigenvalue weighted by molar-refractivity contribution is -0.140. The highest BCUT2D eigenvalue weighted by atomic mass is 32.2. The van der Waals surface area contributed by atoms with E-state index in [0.29, 0.717) is 43.7 Å². The Kier molecular flexibility index (Phi) is 8.78. The number of allylic oxidation sites excluding steroid dienone is 1. The van der Waals surface area contributed by atoms with Crippen LogP contribution in [-0.2, 0) is 30.8 Å². The number of nitrogens with one attached hydrogen (secondary N) is 3. The zero-order valence-corrected chi connectivity index (χ0v) is 31.4. The van der Waals surface area contributed by atoms with Crippen molar-refractivity contribution in [3.63, 3.8) is 0 Å². The van der Waals surface area contributed by atoms with E-state index in [1.54, 1.807) is 11.8 Å². The van der Waals surface area contributed by atoms with Gasteiger partial charge in [0.05, 0.1) is 22.5 Å². The molecule has 3 aromatic rings. The van der Waals surface area contributed by atoms with Crippen molar-refractivity contribution in [2.24, 2.45) is 5.92 Å². The molecule has 0 unspecified atom stereocenters. The van der Waals surface area contributed by atoms with Crippen molar-refractivity contribution < 1.29 is 27.5 Å². The minimum Gasteiger partial charge on any atom is -0.483 e. The first kappa shape index (κ1) is 35.5. The molecular formula is C40H48N6O6S. The Morgan fingerprint density at radius 2 is 1.81 bits per heavy atom. The third-order valence-electron chi connectivity index (χ3n) is 12.1. The fourth-order valence-corrected chi connectivity index (χ4v) is 9.76. The molecule has 0 radical (unpaired) electrons. The molecule has 1 aromatic carbocycles. The molecule has 1 spiro atoms. The van der Waals surface area contributed by atoms with Crippen LogP contribution < -0.4 is 20.1 Å². The molecule has 0 bridgehead atoms. The van der Waals surface area contributed by atoms with Crippen molar-refractivity contribution in [2.75, 3.05) is 11.9 Å². The minimum absolute atomic E-state index is 0.171. The number of pyridine rings is 2. The molecule has 13 heteroatoms. The maximum Gasteiger partial charge on any atom is 0.259 e. The highest BCUT2D eigenvalue weighted by molar-refractivity contribution is 7.91. The third kappa shape index (κ3) is 6.55. The summed E-state index contributed by atoms with van der Waals surface area (Å²) in [6, 6.07) is 12.0. The number of amides is 3. The number of anilines is 1. The number of carbonyl (C=O) groups is 3. The second-order valence-corrected chi connectivity index (χ2v) is 18.3. The number of aryl methyl sites for hydroxylation is 3. The predicted molar refractivity (Wildman–Crippen MR) is 201 cm³/mol. The van der Waals surface area contributed by atoms with Gasteiger partial charge in [0.1, 0.15) is 34.8 Å². The van der Waals surface area contributed by atoms with E-state index in [2.05, 4.69) is 20.3 Å². The van der Waals surface area contributed by atoms with Gasteiger partial charge in [-0.2, -0.15) is 0 Å². The van der Waals surface area contributed by atoms with E-state index in [-0.39, 0.29) is 31.2 Å². The summed E-state index contributed by atoms with van der Waals surface area (Å²) in [5.74, 6) is -0.578. The number of hydrogen-bond acceptors (Lipinski definition) is 9. The van der Waals surface area contributed by atoms with Crippen molar-refractivity contribution >= 4 is 44.5 Å². The monoisotopic (exact) mass is 740 g/mol. The Hall–Kier alpha value is -4.52. The van der Waals surface area contributed by atoms with Crippen LogP contribution in [0.5, 0.6) is 5.75 Å². The second-order valence-electron chi connectivity index (χ2n) is 16.1. The van der Waals surface area contributed by atoms with Crippen molar-refractivity contribution in [1.82, 2.24) is 24.9 Å². The smallest absolute Gasteiger partial charge is 0.259 e. The number of aromatic nitrogens is 2. The van der Waals surface area contributed by atoms with E-state index in [0.717, 1.165) is 53.5 Å². The number of fused-ring (bicyclic) bond motifs is 5. The maximum absolute atomic E-state index is 14.8. The van der Waals surface area contributed by atoms with Crippen LogP contribution in [0, 0.1) is 19.8 Å². The lowest BCUT2D eigenvalue weighted by Crippen LogP contribution is -2.58. The van der Waals surface area contributed by atoms with Crippen LogP contribution in [0.15, 0.2) is 54.6 Å². The number of benzene rings is 1. The molecule has 8 rings (SSSR count). The number of ether oxygens (including phenoxy) is 1. The normalized spacial score (nSPS) is 29.5. The summed E-state index contributed by atoms with van der Waals surface area (Å²) in [7, 11) is -3.95. The number of nitrogens with zero attached hydrogens (tertiary/aromatic N) is 3. The van der Waals surface area contributed by atoms with Gasteiger partial charge in [-0.1, -0.05) is 49.3 Å². The first-order chi connectivity index (χ1) is 25.3. The summed E-state index contributed by atoms with van der Waals surface area (Å²) in [6.07, 6.45) is 10.5. The van der Waals surface area contributed by atoms with Gasteiger partial charge in [0.15, 0.2) is 0 Å². The van der Waals surface area contributed by atoms with Crippen LogP contribution in [0.4, 0.5) is 5.82 Å². The van der Waals surface area contributed by atoms with Crippen LogP contribution in [0.1, 0.15) is 88.1 Å². The molecule has 3 fully saturated rings. The molecule has 5 heterocycles. The van der Waals surface area contributed by atoms with E-state index in [1.807, 2.05) is 68.5 Å². The fourth-order valence-electron chi connectivity index (χ4n) is 8.44. The Labute approximate surface area is 310 Å². The van der Waals surface area contributed by atoms with Crippen molar-refractivity contribution in [1.29, 1.82) is 0 Å². The molecule has 5 aliphatic rings. The number of sulfonamides is 1. The first-order valence-electron chi connectivity index (χ1n) is 19.0. The van der Waals surface area contributed by atoms with Gasteiger partial charge < -0.3 is 20.3 Å². The van der Waals surface area contributed by atoms with E-state index in [4.69, 9.17) is 9.72 Å². The molecule has 12 nitrogen and oxygen atoms in total. The summed E-state index contributed by atoms with van der Waals surface area (Å²) < 4.78 is 34.7. The van der Waals surface area contributed by atoms with Gasteiger partial charge in [-0.05, 0) is 90.3 Å². The highest BCUT2D eigenvalue weighted by Crippen LogP contribution is 2.49. The van der Waals surface area contributed by atoms with Gasteiger partial charge in [0.25, 0.3) is 5.91 Å². The van der Waals surface area contributed by atoms with Gasteiger partial charge in [0, 0.05) is 29.0 Å². The van der Waals surface area contributed by atoms with Crippen molar-refractivity contribution in [3.05, 3.63) is 71.6 Å². The standard InChI is InChI=1S/C40H48N6O6S/c1-25-12-11-17-33(41-25)43-31-16-8-6-4-5-7-13-27-22-40(27,37(49)45-53(50,51)38(3)20-21-38)44-35(47)32-23-39(24-46(32)36(31)48)19-18-29-28-14-9-10-15-30(28)42-26(2)34(29)52-39/h7,9-15,17,27,31-32H,4-6,8,16,18-24H2,1-3H3,(H,41,43)(H,44,47)(H,45,49)/t27-,31+,32+,39-,40-/m1/s1. The first-order valence-corrected chi connectivity index (χ1v) is 20.4. The summed E-state index contributed by atoms with van der Waals surface area (Å²) in [4.78, 5) is 54.5. The summed E-state index contributed by atoms with van der Waals surface area (Å²) in [6.45, 7) is 5.61. The van der Waals surface area contributed by atoms with Crippen molar-refractivity contribution in [2.45, 2.75) is 119 Å². The van der Waals surface area contributed by atoms with E-state index < -0.39 is 49.8 Å². The minimum atomic E-state index is -3.95. The molecule has 280 valence electrons.